The molecule has 0 aliphatic rings. The van der Waals surface area contributed by atoms with E-state index in [0.29, 0.717) is 6.04 Å². The monoisotopic (exact) mass is 131 g/mol. The average molecular weight is 131 g/mol. The van der Waals surface area contributed by atoms with Crippen LogP contribution in [0.25, 0.3) is 0 Å². The van der Waals surface area contributed by atoms with Gasteiger partial charge >= 0.3 is 0 Å². The van der Waals surface area contributed by atoms with Gasteiger partial charge in [0.15, 0.2) is 0 Å². The quantitative estimate of drug-likeness (QED) is 0.607. The molecule has 0 aliphatic heterocycles. The third-order valence-corrected chi connectivity index (χ3v) is 1.52. The van der Waals surface area contributed by atoms with Crippen LogP contribution in [0.1, 0.15) is 20.8 Å². The number of aliphatic hydroxyl groups excluding tert-OH is 1. The number of nitrogens with zero attached hydrogens (tertiary/aromatic N) is 1. The Balaban J connectivity index is 3.41. The van der Waals surface area contributed by atoms with Crippen LogP contribution in [0, 0.1) is 0 Å². The summed E-state index contributed by atoms with van der Waals surface area (Å²) in [5, 5.41) is 8.57. The van der Waals surface area contributed by atoms with E-state index >= 15 is 0 Å². The third kappa shape index (κ3) is 3.49. The van der Waals surface area contributed by atoms with Gasteiger partial charge in [-0.2, -0.15) is 0 Å². The summed E-state index contributed by atoms with van der Waals surface area (Å²) in [6.45, 7) is 8.48. The van der Waals surface area contributed by atoms with Gasteiger partial charge in [-0.15, -0.1) is 0 Å². The first-order chi connectivity index (χ1) is 4.22. The molecule has 0 amide bonds. The molecule has 2 heteroatoms. The highest BCUT2D eigenvalue weighted by atomic mass is 16.3. The van der Waals surface area contributed by atoms with Crippen molar-refractivity contribution in [2.75, 3.05) is 19.7 Å². The first kappa shape index (κ1) is 8.92. The molecule has 0 heterocycles. The van der Waals surface area contributed by atoms with Crippen LogP contribution in [0.15, 0.2) is 0 Å². The van der Waals surface area contributed by atoms with E-state index in [-0.39, 0.29) is 6.61 Å². The molecule has 2 nitrogen and oxygen atoms in total. The molecule has 1 N–H and O–H groups in total. The van der Waals surface area contributed by atoms with Crippen LogP contribution in [0.4, 0.5) is 0 Å². The molecule has 0 radical (unpaired) electrons. The van der Waals surface area contributed by atoms with Gasteiger partial charge in [0, 0.05) is 12.6 Å². The molecular weight excluding hydrogens is 114 g/mol. The molecule has 0 spiro atoms. The van der Waals surface area contributed by atoms with Crippen LogP contribution in [0.5, 0.6) is 0 Å². The SMILES string of the molecule is CCN(CCO)C(C)C. The van der Waals surface area contributed by atoms with Crippen molar-refractivity contribution < 1.29 is 5.11 Å². The van der Waals surface area contributed by atoms with Gasteiger partial charge in [-0.25, -0.2) is 0 Å². The van der Waals surface area contributed by atoms with Gasteiger partial charge in [0.1, 0.15) is 0 Å². The predicted molar refractivity (Wildman–Crippen MR) is 39.5 cm³/mol. The van der Waals surface area contributed by atoms with E-state index in [1.54, 1.807) is 0 Å². The summed E-state index contributed by atoms with van der Waals surface area (Å²) in [5.74, 6) is 0. The zero-order valence-electron chi connectivity index (χ0n) is 6.59. The first-order valence-electron chi connectivity index (χ1n) is 3.57. The Morgan fingerprint density at radius 3 is 2.11 bits per heavy atom. The number of aliphatic hydroxyl groups is 1. The van der Waals surface area contributed by atoms with E-state index < -0.39 is 0 Å². The van der Waals surface area contributed by atoms with Crippen molar-refractivity contribution in [2.24, 2.45) is 0 Å². The van der Waals surface area contributed by atoms with Crippen LogP contribution in [0.2, 0.25) is 0 Å². The molecule has 9 heavy (non-hydrogen) atoms. The maximum atomic E-state index is 8.57. The van der Waals surface area contributed by atoms with Crippen LogP contribution >= 0.6 is 0 Å². The molecule has 0 saturated carbocycles. The summed E-state index contributed by atoms with van der Waals surface area (Å²) >= 11 is 0. The standard InChI is InChI=1S/C7H17NO/c1-4-8(5-6-9)7(2)3/h7,9H,4-6H2,1-3H3. The zero-order valence-corrected chi connectivity index (χ0v) is 6.59. The molecule has 0 saturated heterocycles. The second-order valence-corrected chi connectivity index (χ2v) is 2.45. The lowest BCUT2D eigenvalue weighted by molar-refractivity contribution is 0.173. The van der Waals surface area contributed by atoms with Crippen molar-refractivity contribution in [3.63, 3.8) is 0 Å². The first-order valence-corrected chi connectivity index (χ1v) is 3.57. The molecule has 0 bridgehead atoms. The lowest BCUT2D eigenvalue weighted by Crippen LogP contribution is -2.32. The Labute approximate surface area is 57.5 Å². The second-order valence-electron chi connectivity index (χ2n) is 2.45. The van der Waals surface area contributed by atoms with Gasteiger partial charge in [0.05, 0.1) is 6.61 Å². The molecule has 0 rings (SSSR count). The highest BCUT2D eigenvalue weighted by molar-refractivity contribution is 4.58. The minimum atomic E-state index is 0.270. The number of hydrogen-bond acceptors (Lipinski definition) is 2. The fourth-order valence-corrected chi connectivity index (χ4v) is 0.910. The largest absolute Gasteiger partial charge is 0.395 e. The summed E-state index contributed by atoms with van der Waals surface area (Å²) in [5.41, 5.74) is 0. The van der Waals surface area contributed by atoms with Gasteiger partial charge in [-0.05, 0) is 20.4 Å². The highest BCUT2D eigenvalue weighted by Crippen LogP contribution is 1.94. The van der Waals surface area contributed by atoms with E-state index in [9.17, 15) is 0 Å². The van der Waals surface area contributed by atoms with Gasteiger partial charge < -0.3 is 5.11 Å². The smallest absolute Gasteiger partial charge is 0.0558 e. The Kier molecular flexibility index (Phi) is 4.72. The van der Waals surface area contributed by atoms with Gasteiger partial charge in [-0.3, -0.25) is 4.90 Å². The molecular formula is C7H17NO. The van der Waals surface area contributed by atoms with E-state index in [1.165, 1.54) is 0 Å². The van der Waals surface area contributed by atoms with Crippen LogP contribution in [-0.2, 0) is 0 Å². The summed E-state index contributed by atoms with van der Waals surface area (Å²) in [6, 6.07) is 0.558. The Morgan fingerprint density at radius 1 is 1.44 bits per heavy atom. The van der Waals surface area contributed by atoms with E-state index in [0.717, 1.165) is 13.1 Å². The topological polar surface area (TPSA) is 23.5 Å². The fourth-order valence-electron chi connectivity index (χ4n) is 0.910. The van der Waals surface area contributed by atoms with Gasteiger partial charge in [0.25, 0.3) is 0 Å². The van der Waals surface area contributed by atoms with Gasteiger partial charge in [0.2, 0.25) is 0 Å². The van der Waals surface area contributed by atoms with Crippen molar-refractivity contribution in [3.05, 3.63) is 0 Å². The highest BCUT2D eigenvalue weighted by Gasteiger charge is 2.03. The van der Waals surface area contributed by atoms with Crippen LogP contribution in [-0.4, -0.2) is 35.7 Å². The van der Waals surface area contributed by atoms with E-state index in [4.69, 9.17) is 5.11 Å². The molecule has 0 unspecified atom stereocenters. The van der Waals surface area contributed by atoms with E-state index in [1.807, 2.05) is 0 Å². The minimum absolute atomic E-state index is 0.270. The normalized spacial score (nSPS) is 11.3. The second kappa shape index (κ2) is 4.77. The lowest BCUT2D eigenvalue weighted by atomic mass is 10.3. The number of likely N-dealkylation sites (N-methyl/N-ethyl adjacent to an activating group) is 1. The molecule has 0 aromatic carbocycles. The number of hydrogen-bond donors (Lipinski definition) is 1. The van der Waals surface area contributed by atoms with E-state index in [2.05, 4.69) is 25.7 Å². The molecule has 0 atom stereocenters. The van der Waals surface area contributed by atoms with Crippen molar-refractivity contribution >= 4 is 0 Å². The van der Waals surface area contributed by atoms with Crippen molar-refractivity contribution in [1.82, 2.24) is 4.90 Å². The fraction of sp³-hybridized carbons (Fsp3) is 1.00. The summed E-state index contributed by atoms with van der Waals surface area (Å²) in [4.78, 5) is 2.22. The molecule has 0 aromatic rings. The van der Waals surface area contributed by atoms with Crippen LogP contribution < -0.4 is 0 Å². The van der Waals surface area contributed by atoms with Crippen molar-refractivity contribution in [3.8, 4) is 0 Å². The lowest BCUT2D eigenvalue weighted by Gasteiger charge is -2.23. The Hall–Kier alpha value is -0.0800. The predicted octanol–water partition coefficient (Wildman–Crippen LogP) is 0.709. The number of rotatable bonds is 4. The van der Waals surface area contributed by atoms with Gasteiger partial charge in [-0.1, -0.05) is 6.92 Å². The maximum absolute atomic E-state index is 8.57. The molecule has 0 aliphatic carbocycles. The summed E-state index contributed by atoms with van der Waals surface area (Å²) in [7, 11) is 0. The van der Waals surface area contributed by atoms with Crippen molar-refractivity contribution in [1.29, 1.82) is 0 Å². The van der Waals surface area contributed by atoms with Crippen LogP contribution in [0.3, 0.4) is 0 Å². The molecule has 0 aromatic heterocycles. The Bertz CT molecular complexity index is 63.9. The molecule has 0 fully saturated rings. The average Bonchev–Trinajstić information content (AvgIpc) is 1.82. The summed E-state index contributed by atoms with van der Waals surface area (Å²) < 4.78 is 0. The Morgan fingerprint density at radius 2 is 2.00 bits per heavy atom. The summed E-state index contributed by atoms with van der Waals surface area (Å²) in [6.07, 6.45) is 0. The maximum Gasteiger partial charge on any atom is 0.0558 e. The molecule has 56 valence electrons. The zero-order chi connectivity index (χ0) is 7.28. The third-order valence-electron chi connectivity index (χ3n) is 1.52. The minimum Gasteiger partial charge on any atom is -0.395 e. The van der Waals surface area contributed by atoms with Crippen molar-refractivity contribution in [2.45, 2.75) is 26.8 Å².